The SMILES string of the molecule is Cc1cc(C(=O)N(C)CC2CCCN2)cc([N+](=O)[O-])c1. The van der Waals surface area contributed by atoms with Crippen molar-refractivity contribution in [2.75, 3.05) is 20.1 Å². The van der Waals surface area contributed by atoms with Gasteiger partial charge in [-0.15, -0.1) is 0 Å². The molecule has 2 rings (SSSR count). The van der Waals surface area contributed by atoms with E-state index >= 15 is 0 Å². The van der Waals surface area contributed by atoms with Crippen LogP contribution in [0.15, 0.2) is 18.2 Å². The minimum atomic E-state index is -0.470. The molecule has 1 unspecified atom stereocenters. The summed E-state index contributed by atoms with van der Waals surface area (Å²) in [5.41, 5.74) is 1.05. The Labute approximate surface area is 117 Å². The predicted molar refractivity (Wildman–Crippen MR) is 75.8 cm³/mol. The molecule has 6 nitrogen and oxygen atoms in total. The maximum Gasteiger partial charge on any atom is 0.270 e. The van der Waals surface area contributed by atoms with Crippen LogP contribution in [0.2, 0.25) is 0 Å². The van der Waals surface area contributed by atoms with Crippen LogP contribution in [-0.4, -0.2) is 41.9 Å². The molecule has 1 saturated heterocycles. The molecule has 1 atom stereocenters. The smallest absolute Gasteiger partial charge is 0.270 e. The highest BCUT2D eigenvalue weighted by Crippen LogP contribution is 2.18. The zero-order chi connectivity index (χ0) is 14.7. The van der Waals surface area contributed by atoms with Gasteiger partial charge in [-0.2, -0.15) is 0 Å². The molecule has 20 heavy (non-hydrogen) atoms. The fourth-order valence-corrected chi connectivity index (χ4v) is 2.54. The minimum Gasteiger partial charge on any atom is -0.340 e. The summed E-state index contributed by atoms with van der Waals surface area (Å²) in [6.45, 7) is 3.37. The average Bonchev–Trinajstić information content (AvgIpc) is 2.89. The Bertz CT molecular complexity index is 524. The highest BCUT2D eigenvalue weighted by Gasteiger charge is 2.21. The van der Waals surface area contributed by atoms with Crippen molar-refractivity contribution in [1.29, 1.82) is 0 Å². The van der Waals surface area contributed by atoms with Gasteiger partial charge in [-0.3, -0.25) is 14.9 Å². The average molecular weight is 277 g/mol. The van der Waals surface area contributed by atoms with E-state index in [4.69, 9.17) is 0 Å². The summed E-state index contributed by atoms with van der Waals surface area (Å²) in [5, 5.41) is 14.2. The van der Waals surface area contributed by atoms with Gasteiger partial charge in [0.15, 0.2) is 0 Å². The van der Waals surface area contributed by atoms with E-state index < -0.39 is 4.92 Å². The summed E-state index contributed by atoms with van der Waals surface area (Å²) in [6.07, 6.45) is 2.19. The monoisotopic (exact) mass is 277 g/mol. The molecular weight excluding hydrogens is 258 g/mol. The zero-order valence-corrected chi connectivity index (χ0v) is 11.8. The molecule has 0 radical (unpaired) electrons. The summed E-state index contributed by atoms with van der Waals surface area (Å²) >= 11 is 0. The first-order valence-corrected chi connectivity index (χ1v) is 6.72. The summed E-state index contributed by atoms with van der Waals surface area (Å²) in [4.78, 5) is 24.3. The van der Waals surface area contributed by atoms with E-state index in [9.17, 15) is 14.9 Å². The summed E-state index contributed by atoms with van der Waals surface area (Å²) in [7, 11) is 1.73. The number of hydrogen-bond donors (Lipinski definition) is 1. The molecule has 1 aliphatic heterocycles. The third kappa shape index (κ3) is 3.33. The van der Waals surface area contributed by atoms with Gasteiger partial charge in [-0.1, -0.05) is 0 Å². The van der Waals surface area contributed by atoms with Gasteiger partial charge in [-0.25, -0.2) is 0 Å². The van der Waals surface area contributed by atoms with E-state index in [0.29, 0.717) is 18.2 Å². The number of carbonyl (C=O) groups excluding carboxylic acids is 1. The topological polar surface area (TPSA) is 75.5 Å². The number of amides is 1. The van der Waals surface area contributed by atoms with Crippen LogP contribution in [0.5, 0.6) is 0 Å². The summed E-state index contributed by atoms with van der Waals surface area (Å²) < 4.78 is 0. The molecule has 0 bridgehead atoms. The highest BCUT2D eigenvalue weighted by molar-refractivity contribution is 5.95. The van der Waals surface area contributed by atoms with Gasteiger partial charge >= 0.3 is 0 Å². The Kier molecular flexibility index (Phi) is 4.34. The van der Waals surface area contributed by atoms with Gasteiger partial charge in [0.25, 0.3) is 11.6 Å². The van der Waals surface area contributed by atoms with Crippen LogP contribution in [0.1, 0.15) is 28.8 Å². The molecule has 0 aromatic heterocycles. The minimum absolute atomic E-state index is 0.0410. The largest absolute Gasteiger partial charge is 0.340 e. The Balaban J connectivity index is 2.13. The van der Waals surface area contributed by atoms with Gasteiger partial charge in [0.1, 0.15) is 0 Å². The number of nitro groups is 1. The zero-order valence-electron chi connectivity index (χ0n) is 11.8. The molecule has 0 saturated carbocycles. The second-order valence-corrected chi connectivity index (χ2v) is 5.29. The molecular formula is C14H19N3O3. The molecule has 6 heteroatoms. The van der Waals surface area contributed by atoms with Gasteiger partial charge < -0.3 is 10.2 Å². The number of rotatable bonds is 4. The number of nitrogens with zero attached hydrogens (tertiary/aromatic N) is 2. The van der Waals surface area contributed by atoms with Crippen molar-refractivity contribution >= 4 is 11.6 Å². The number of aryl methyl sites for hydroxylation is 1. The van der Waals surface area contributed by atoms with Crippen LogP contribution in [0.4, 0.5) is 5.69 Å². The number of carbonyl (C=O) groups is 1. The van der Waals surface area contributed by atoms with Crippen LogP contribution >= 0.6 is 0 Å². The third-order valence-electron chi connectivity index (χ3n) is 3.52. The van der Waals surface area contributed by atoms with Crippen LogP contribution in [0.3, 0.4) is 0 Å². The summed E-state index contributed by atoms with van der Waals surface area (Å²) in [5.74, 6) is -0.175. The lowest BCUT2D eigenvalue weighted by Gasteiger charge is -2.21. The van der Waals surface area contributed by atoms with Crippen LogP contribution in [0, 0.1) is 17.0 Å². The molecule has 1 fully saturated rings. The number of benzene rings is 1. The van der Waals surface area contributed by atoms with E-state index in [1.807, 2.05) is 0 Å². The van der Waals surface area contributed by atoms with Crippen LogP contribution in [0.25, 0.3) is 0 Å². The Morgan fingerprint density at radius 2 is 2.25 bits per heavy atom. The first kappa shape index (κ1) is 14.5. The maximum atomic E-state index is 12.3. The van der Waals surface area contributed by atoms with Crippen molar-refractivity contribution in [1.82, 2.24) is 10.2 Å². The van der Waals surface area contributed by atoms with E-state index in [-0.39, 0.29) is 11.6 Å². The normalized spacial score (nSPS) is 18.0. The first-order chi connectivity index (χ1) is 9.47. The molecule has 1 N–H and O–H groups in total. The molecule has 0 spiro atoms. The molecule has 1 aromatic carbocycles. The first-order valence-electron chi connectivity index (χ1n) is 6.72. The second kappa shape index (κ2) is 6.00. The highest BCUT2D eigenvalue weighted by atomic mass is 16.6. The van der Waals surface area contributed by atoms with Gasteiger partial charge in [0.05, 0.1) is 4.92 Å². The Hall–Kier alpha value is -1.95. The van der Waals surface area contributed by atoms with Gasteiger partial charge in [-0.05, 0) is 37.9 Å². The number of non-ortho nitro benzene ring substituents is 1. The lowest BCUT2D eigenvalue weighted by atomic mass is 10.1. The van der Waals surface area contributed by atoms with Crippen molar-refractivity contribution in [3.63, 3.8) is 0 Å². The maximum absolute atomic E-state index is 12.3. The third-order valence-corrected chi connectivity index (χ3v) is 3.52. The van der Waals surface area contributed by atoms with Crippen molar-refractivity contribution in [2.45, 2.75) is 25.8 Å². The predicted octanol–water partition coefficient (Wildman–Crippen LogP) is 1.73. The molecule has 1 heterocycles. The van der Waals surface area contributed by atoms with E-state index in [2.05, 4.69) is 5.32 Å². The molecule has 1 aliphatic rings. The van der Waals surface area contributed by atoms with Crippen molar-refractivity contribution in [2.24, 2.45) is 0 Å². The fourth-order valence-electron chi connectivity index (χ4n) is 2.54. The molecule has 108 valence electrons. The van der Waals surface area contributed by atoms with Gasteiger partial charge in [0, 0.05) is 37.3 Å². The Morgan fingerprint density at radius 3 is 2.85 bits per heavy atom. The lowest BCUT2D eigenvalue weighted by molar-refractivity contribution is -0.384. The van der Waals surface area contributed by atoms with E-state index in [0.717, 1.165) is 24.9 Å². The van der Waals surface area contributed by atoms with Crippen LogP contribution < -0.4 is 5.32 Å². The second-order valence-electron chi connectivity index (χ2n) is 5.29. The van der Waals surface area contributed by atoms with Crippen molar-refractivity contribution in [3.8, 4) is 0 Å². The number of nitrogens with one attached hydrogen (secondary N) is 1. The van der Waals surface area contributed by atoms with E-state index in [1.165, 1.54) is 12.1 Å². The van der Waals surface area contributed by atoms with E-state index in [1.54, 1.807) is 24.9 Å². The van der Waals surface area contributed by atoms with Crippen molar-refractivity contribution in [3.05, 3.63) is 39.4 Å². The standard InChI is InChI=1S/C14H19N3O3/c1-10-6-11(8-13(7-10)17(19)20)14(18)16(2)9-12-4-3-5-15-12/h6-8,12,15H,3-5,9H2,1-2H3. The van der Waals surface area contributed by atoms with Crippen LogP contribution in [-0.2, 0) is 0 Å². The number of nitro benzene ring substituents is 1. The molecule has 1 aromatic rings. The fraction of sp³-hybridized carbons (Fsp3) is 0.500. The van der Waals surface area contributed by atoms with Crippen molar-refractivity contribution < 1.29 is 9.72 Å². The summed E-state index contributed by atoms with van der Waals surface area (Å²) in [6, 6.07) is 4.82. The Morgan fingerprint density at radius 1 is 1.50 bits per heavy atom. The molecule has 0 aliphatic carbocycles. The number of hydrogen-bond acceptors (Lipinski definition) is 4. The number of likely N-dealkylation sites (N-methyl/N-ethyl adjacent to an activating group) is 1. The quantitative estimate of drug-likeness (QED) is 0.671. The lowest BCUT2D eigenvalue weighted by Crippen LogP contribution is -2.38. The van der Waals surface area contributed by atoms with Gasteiger partial charge in [0.2, 0.25) is 0 Å². The molecule has 1 amide bonds.